The number of alkyl halides is 3. The monoisotopic (exact) mass is 207 g/mol. The van der Waals surface area contributed by atoms with Crippen LogP contribution >= 0.6 is 0 Å². The van der Waals surface area contributed by atoms with Crippen molar-refractivity contribution < 1.29 is 17.9 Å². The van der Waals surface area contributed by atoms with Gasteiger partial charge in [-0.1, -0.05) is 0 Å². The fourth-order valence-electron chi connectivity index (χ4n) is 0.982. The van der Waals surface area contributed by atoms with Crippen molar-refractivity contribution in [2.75, 3.05) is 12.8 Å². The van der Waals surface area contributed by atoms with E-state index in [-0.39, 0.29) is 5.82 Å². The maximum Gasteiger partial charge on any atom is 0.425 e. The minimum Gasteiger partial charge on any atom is -0.480 e. The average Bonchev–Trinajstić information content (AvgIpc) is 1.99. The van der Waals surface area contributed by atoms with Crippen molar-refractivity contribution in [1.29, 1.82) is 0 Å². The van der Waals surface area contributed by atoms with Crippen LogP contribution in [0, 0.1) is 6.92 Å². The summed E-state index contributed by atoms with van der Waals surface area (Å²) >= 11 is 0. The molecule has 0 fully saturated rings. The number of methoxy groups -OCH3 is 1. The highest BCUT2D eigenvalue weighted by atomic mass is 19.4. The van der Waals surface area contributed by atoms with Crippen LogP contribution in [0.15, 0.2) is 0 Å². The van der Waals surface area contributed by atoms with Crippen molar-refractivity contribution in [2.24, 2.45) is 0 Å². The molecule has 1 heterocycles. The Morgan fingerprint density at radius 1 is 1.29 bits per heavy atom. The van der Waals surface area contributed by atoms with Gasteiger partial charge in [0.1, 0.15) is 11.6 Å². The number of nitrogen functional groups attached to an aromatic ring is 1. The SMILES string of the molecule is COc1nc(C)nc(N)c1C(F)(F)F. The van der Waals surface area contributed by atoms with Crippen LogP contribution in [-0.2, 0) is 6.18 Å². The maximum absolute atomic E-state index is 12.4. The fraction of sp³-hybridized carbons (Fsp3) is 0.429. The quantitative estimate of drug-likeness (QED) is 0.755. The number of aryl methyl sites for hydroxylation is 1. The zero-order valence-electron chi connectivity index (χ0n) is 7.51. The standard InChI is InChI=1S/C7H8F3N3O/c1-3-12-5(11)4(7(8,9)10)6(13-3)14-2/h1-2H3,(H2,11,12,13). The lowest BCUT2D eigenvalue weighted by atomic mass is 10.3. The molecule has 0 aliphatic heterocycles. The number of nitrogens with zero attached hydrogens (tertiary/aromatic N) is 2. The molecule has 14 heavy (non-hydrogen) atoms. The van der Waals surface area contributed by atoms with Gasteiger partial charge in [0.05, 0.1) is 7.11 Å². The van der Waals surface area contributed by atoms with E-state index in [0.717, 1.165) is 7.11 Å². The summed E-state index contributed by atoms with van der Waals surface area (Å²) in [6.45, 7) is 1.43. The van der Waals surface area contributed by atoms with E-state index in [1.54, 1.807) is 0 Å². The molecule has 0 aliphatic carbocycles. The third kappa shape index (κ3) is 1.86. The Morgan fingerprint density at radius 3 is 2.29 bits per heavy atom. The zero-order chi connectivity index (χ0) is 10.9. The molecule has 0 aliphatic rings. The van der Waals surface area contributed by atoms with E-state index >= 15 is 0 Å². The third-order valence-corrected chi connectivity index (χ3v) is 1.49. The van der Waals surface area contributed by atoms with E-state index in [1.807, 2.05) is 0 Å². The van der Waals surface area contributed by atoms with Crippen LogP contribution in [0.5, 0.6) is 5.88 Å². The van der Waals surface area contributed by atoms with Crippen LogP contribution < -0.4 is 10.5 Å². The number of halogens is 3. The molecule has 1 rings (SSSR count). The lowest BCUT2D eigenvalue weighted by molar-refractivity contribution is -0.138. The molecule has 0 unspecified atom stereocenters. The summed E-state index contributed by atoms with van der Waals surface area (Å²) in [5, 5.41) is 0. The van der Waals surface area contributed by atoms with E-state index in [9.17, 15) is 13.2 Å². The zero-order valence-corrected chi connectivity index (χ0v) is 7.51. The van der Waals surface area contributed by atoms with Crippen molar-refractivity contribution in [3.05, 3.63) is 11.4 Å². The molecule has 0 bridgehead atoms. The summed E-state index contributed by atoms with van der Waals surface area (Å²) in [5.41, 5.74) is 4.00. The summed E-state index contributed by atoms with van der Waals surface area (Å²) in [6, 6.07) is 0. The summed E-state index contributed by atoms with van der Waals surface area (Å²) in [7, 11) is 1.09. The number of ether oxygens (including phenoxy) is 1. The Kier molecular flexibility index (Phi) is 2.50. The Morgan fingerprint density at radius 2 is 1.86 bits per heavy atom. The Hall–Kier alpha value is -1.53. The predicted molar refractivity (Wildman–Crippen MR) is 42.7 cm³/mol. The van der Waals surface area contributed by atoms with Gasteiger partial charge in [-0.25, -0.2) is 4.98 Å². The summed E-state index contributed by atoms with van der Waals surface area (Å²) < 4.78 is 41.6. The Balaban J connectivity index is 3.40. The van der Waals surface area contributed by atoms with Gasteiger partial charge >= 0.3 is 6.18 Å². The first-order chi connectivity index (χ1) is 6.36. The van der Waals surface area contributed by atoms with E-state index in [1.165, 1.54) is 6.92 Å². The molecule has 78 valence electrons. The van der Waals surface area contributed by atoms with Crippen molar-refractivity contribution in [3.63, 3.8) is 0 Å². The van der Waals surface area contributed by atoms with Gasteiger partial charge in [0, 0.05) is 0 Å². The van der Waals surface area contributed by atoms with Gasteiger partial charge in [0.15, 0.2) is 5.56 Å². The molecule has 0 amide bonds. The van der Waals surface area contributed by atoms with Crippen molar-refractivity contribution >= 4 is 5.82 Å². The second-order valence-corrected chi connectivity index (χ2v) is 2.54. The fourth-order valence-corrected chi connectivity index (χ4v) is 0.982. The van der Waals surface area contributed by atoms with Crippen LogP contribution in [0.2, 0.25) is 0 Å². The van der Waals surface area contributed by atoms with Gasteiger partial charge < -0.3 is 10.5 Å². The predicted octanol–water partition coefficient (Wildman–Crippen LogP) is 1.39. The van der Waals surface area contributed by atoms with Gasteiger partial charge in [-0.3, -0.25) is 0 Å². The van der Waals surface area contributed by atoms with Crippen LogP contribution in [0.1, 0.15) is 11.4 Å². The molecule has 0 saturated carbocycles. The lowest BCUT2D eigenvalue weighted by Crippen LogP contribution is -2.14. The minimum atomic E-state index is -4.61. The first kappa shape index (κ1) is 10.6. The maximum atomic E-state index is 12.4. The number of aromatic nitrogens is 2. The third-order valence-electron chi connectivity index (χ3n) is 1.49. The number of nitrogens with two attached hydrogens (primary N) is 1. The molecular weight excluding hydrogens is 199 g/mol. The van der Waals surface area contributed by atoms with E-state index < -0.39 is 23.4 Å². The number of anilines is 1. The van der Waals surface area contributed by atoms with Crippen molar-refractivity contribution in [2.45, 2.75) is 13.1 Å². The summed E-state index contributed by atoms with van der Waals surface area (Å²) in [5.74, 6) is -1.04. The number of rotatable bonds is 1. The van der Waals surface area contributed by atoms with Crippen LogP contribution in [0.25, 0.3) is 0 Å². The highest BCUT2D eigenvalue weighted by Crippen LogP contribution is 2.37. The summed E-state index contributed by atoms with van der Waals surface area (Å²) in [6.07, 6.45) is -4.61. The van der Waals surface area contributed by atoms with Gasteiger partial charge in [0.25, 0.3) is 0 Å². The second-order valence-electron chi connectivity index (χ2n) is 2.54. The van der Waals surface area contributed by atoms with Gasteiger partial charge in [-0.2, -0.15) is 18.2 Å². The molecule has 0 aromatic carbocycles. The molecule has 1 aromatic heterocycles. The lowest BCUT2D eigenvalue weighted by Gasteiger charge is -2.12. The van der Waals surface area contributed by atoms with Gasteiger partial charge in [-0.05, 0) is 6.92 Å². The average molecular weight is 207 g/mol. The molecule has 0 atom stereocenters. The first-order valence-corrected chi connectivity index (χ1v) is 3.61. The topological polar surface area (TPSA) is 61.0 Å². The molecule has 0 radical (unpaired) electrons. The molecule has 1 aromatic rings. The number of hydrogen-bond donors (Lipinski definition) is 1. The molecular formula is C7H8F3N3O. The van der Waals surface area contributed by atoms with Gasteiger partial charge in [0.2, 0.25) is 5.88 Å². The number of hydrogen-bond acceptors (Lipinski definition) is 4. The van der Waals surface area contributed by atoms with Crippen LogP contribution in [0.3, 0.4) is 0 Å². The minimum absolute atomic E-state index is 0.132. The van der Waals surface area contributed by atoms with E-state index in [0.29, 0.717) is 0 Å². The van der Waals surface area contributed by atoms with Crippen LogP contribution in [-0.4, -0.2) is 17.1 Å². The molecule has 0 saturated heterocycles. The molecule has 2 N–H and O–H groups in total. The van der Waals surface area contributed by atoms with Crippen molar-refractivity contribution in [1.82, 2.24) is 9.97 Å². The molecule has 0 spiro atoms. The van der Waals surface area contributed by atoms with Crippen molar-refractivity contribution in [3.8, 4) is 5.88 Å². The molecule has 4 nitrogen and oxygen atoms in total. The normalized spacial score (nSPS) is 11.5. The second kappa shape index (κ2) is 3.32. The van der Waals surface area contributed by atoms with E-state index in [4.69, 9.17) is 5.73 Å². The largest absolute Gasteiger partial charge is 0.480 e. The Bertz CT molecular complexity index is 351. The molecule has 7 heteroatoms. The van der Waals surface area contributed by atoms with E-state index in [2.05, 4.69) is 14.7 Å². The highest BCUT2D eigenvalue weighted by molar-refractivity contribution is 5.47. The smallest absolute Gasteiger partial charge is 0.425 e. The Labute approximate surface area is 77.9 Å². The first-order valence-electron chi connectivity index (χ1n) is 3.61. The van der Waals surface area contributed by atoms with Crippen LogP contribution in [0.4, 0.5) is 19.0 Å². The van der Waals surface area contributed by atoms with Gasteiger partial charge in [-0.15, -0.1) is 0 Å². The summed E-state index contributed by atoms with van der Waals surface area (Å²) in [4.78, 5) is 6.90. The highest BCUT2D eigenvalue weighted by Gasteiger charge is 2.38.